The zero-order valence-electron chi connectivity index (χ0n) is 14.0. The van der Waals surface area contributed by atoms with E-state index in [9.17, 15) is 0 Å². The Hall–Kier alpha value is -1.04. The van der Waals surface area contributed by atoms with Gasteiger partial charge in [0.25, 0.3) is 0 Å². The summed E-state index contributed by atoms with van der Waals surface area (Å²) in [6.45, 7) is 21.5. The fraction of sp³-hybridized carbons (Fsp3) is 0.600. The standard InChI is InChI=1S/C20H32/c1-8-20(7)13-12-18(14-19(20)16(4)5)17(6)11-9-10-15(2)3/h8,10,18-19H,1,4,6,9,11-14H2,2-3,5,7H3/t18-,19+,20-/m0/s1. The van der Waals surface area contributed by atoms with Crippen LogP contribution in [0, 0.1) is 17.3 Å². The smallest absolute Gasteiger partial charge is 0.00836 e. The zero-order chi connectivity index (χ0) is 15.3. The van der Waals surface area contributed by atoms with E-state index in [1.807, 2.05) is 0 Å². The van der Waals surface area contributed by atoms with Crippen molar-refractivity contribution < 1.29 is 0 Å². The Morgan fingerprint density at radius 3 is 2.40 bits per heavy atom. The van der Waals surface area contributed by atoms with Gasteiger partial charge in [-0.3, -0.25) is 0 Å². The molecule has 112 valence electrons. The predicted octanol–water partition coefficient (Wildman–Crippen LogP) is 6.47. The SMILES string of the molecule is C=C[C@@]1(C)CC[C@H](C(=C)CCC=C(C)C)C[C@@H]1C(=C)C. The van der Waals surface area contributed by atoms with Gasteiger partial charge in [-0.05, 0) is 70.1 Å². The molecule has 0 aromatic heterocycles. The van der Waals surface area contributed by atoms with Crippen LogP contribution in [-0.4, -0.2) is 0 Å². The number of hydrogen-bond donors (Lipinski definition) is 0. The molecule has 1 rings (SSSR count). The van der Waals surface area contributed by atoms with Gasteiger partial charge in [0, 0.05) is 0 Å². The molecule has 0 aliphatic heterocycles. The molecule has 0 aromatic rings. The normalized spacial score (nSPS) is 29.6. The van der Waals surface area contributed by atoms with E-state index < -0.39 is 0 Å². The third-order valence-electron chi connectivity index (χ3n) is 5.00. The van der Waals surface area contributed by atoms with Gasteiger partial charge >= 0.3 is 0 Å². The minimum Gasteiger partial charge on any atom is -0.103 e. The highest BCUT2D eigenvalue weighted by molar-refractivity contribution is 5.16. The maximum atomic E-state index is 4.36. The van der Waals surface area contributed by atoms with Gasteiger partial charge in [-0.1, -0.05) is 49.0 Å². The Kier molecular flexibility index (Phi) is 6.05. The van der Waals surface area contributed by atoms with Crippen LogP contribution in [0.2, 0.25) is 0 Å². The topological polar surface area (TPSA) is 0 Å². The molecule has 1 fully saturated rings. The number of hydrogen-bond acceptors (Lipinski definition) is 0. The average molecular weight is 272 g/mol. The Morgan fingerprint density at radius 2 is 1.90 bits per heavy atom. The molecule has 3 atom stereocenters. The van der Waals surface area contributed by atoms with E-state index in [1.165, 1.54) is 36.0 Å². The van der Waals surface area contributed by atoms with Crippen molar-refractivity contribution in [1.29, 1.82) is 0 Å². The predicted molar refractivity (Wildman–Crippen MR) is 91.8 cm³/mol. The van der Waals surface area contributed by atoms with Crippen molar-refractivity contribution in [2.45, 2.75) is 59.8 Å². The van der Waals surface area contributed by atoms with Gasteiger partial charge in [0.2, 0.25) is 0 Å². The summed E-state index contributed by atoms with van der Waals surface area (Å²) < 4.78 is 0. The fourth-order valence-corrected chi connectivity index (χ4v) is 3.46. The molecule has 0 heterocycles. The van der Waals surface area contributed by atoms with Gasteiger partial charge in [-0.25, -0.2) is 0 Å². The van der Waals surface area contributed by atoms with Crippen molar-refractivity contribution in [3.05, 3.63) is 48.6 Å². The first-order valence-electron chi connectivity index (χ1n) is 7.90. The summed E-state index contributed by atoms with van der Waals surface area (Å²) in [5.41, 5.74) is 4.36. The van der Waals surface area contributed by atoms with Gasteiger partial charge in [0.05, 0.1) is 0 Å². The number of rotatable bonds is 6. The van der Waals surface area contributed by atoms with Crippen molar-refractivity contribution in [2.24, 2.45) is 17.3 Å². The fourth-order valence-electron chi connectivity index (χ4n) is 3.46. The van der Waals surface area contributed by atoms with E-state index in [4.69, 9.17) is 0 Å². The molecule has 1 aliphatic rings. The molecule has 0 spiro atoms. The second-order valence-electron chi connectivity index (χ2n) is 7.06. The molecule has 0 heteroatoms. The third kappa shape index (κ3) is 4.23. The molecule has 0 aromatic carbocycles. The first kappa shape index (κ1) is 17.0. The molecule has 0 N–H and O–H groups in total. The van der Waals surface area contributed by atoms with Gasteiger partial charge in [-0.2, -0.15) is 0 Å². The minimum absolute atomic E-state index is 0.225. The Bertz CT molecular complexity index is 406. The van der Waals surface area contributed by atoms with Crippen LogP contribution in [0.1, 0.15) is 59.8 Å². The average Bonchev–Trinajstić information content (AvgIpc) is 2.38. The van der Waals surface area contributed by atoms with Crippen LogP contribution < -0.4 is 0 Å². The Morgan fingerprint density at radius 1 is 1.25 bits per heavy atom. The van der Waals surface area contributed by atoms with E-state index in [2.05, 4.69) is 59.6 Å². The van der Waals surface area contributed by atoms with E-state index in [0.29, 0.717) is 11.8 Å². The van der Waals surface area contributed by atoms with E-state index in [-0.39, 0.29) is 5.41 Å². The molecule has 0 amide bonds. The molecule has 0 radical (unpaired) electrons. The van der Waals surface area contributed by atoms with Gasteiger partial charge < -0.3 is 0 Å². The lowest BCUT2D eigenvalue weighted by Gasteiger charge is -2.44. The van der Waals surface area contributed by atoms with Crippen LogP contribution in [0.5, 0.6) is 0 Å². The highest BCUT2D eigenvalue weighted by atomic mass is 14.4. The maximum absolute atomic E-state index is 4.36. The monoisotopic (exact) mass is 272 g/mol. The summed E-state index contributed by atoms with van der Waals surface area (Å²) in [7, 11) is 0. The first-order valence-corrected chi connectivity index (χ1v) is 7.90. The van der Waals surface area contributed by atoms with Crippen molar-refractivity contribution in [3.63, 3.8) is 0 Å². The number of allylic oxidation sites excluding steroid dienone is 5. The largest absolute Gasteiger partial charge is 0.103 e. The lowest BCUT2D eigenvalue weighted by atomic mass is 9.61. The van der Waals surface area contributed by atoms with Crippen molar-refractivity contribution >= 4 is 0 Å². The molecule has 1 saturated carbocycles. The molecule has 20 heavy (non-hydrogen) atoms. The Labute approximate surface area is 126 Å². The molecular formula is C20H32. The summed E-state index contributed by atoms with van der Waals surface area (Å²) in [6, 6.07) is 0. The van der Waals surface area contributed by atoms with Crippen LogP contribution in [-0.2, 0) is 0 Å². The van der Waals surface area contributed by atoms with E-state index in [0.717, 1.165) is 12.8 Å². The first-order chi connectivity index (χ1) is 9.30. The summed E-state index contributed by atoms with van der Waals surface area (Å²) in [6.07, 6.45) is 10.4. The second kappa shape index (κ2) is 7.11. The van der Waals surface area contributed by atoms with Crippen LogP contribution in [0.3, 0.4) is 0 Å². The lowest BCUT2D eigenvalue weighted by Crippen LogP contribution is -2.33. The van der Waals surface area contributed by atoms with Gasteiger partial charge in [-0.15, -0.1) is 6.58 Å². The molecule has 1 aliphatic carbocycles. The third-order valence-corrected chi connectivity index (χ3v) is 5.00. The van der Waals surface area contributed by atoms with Crippen LogP contribution in [0.25, 0.3) is 0 Å². The van der Waals surface area contributed by atoms with E-state index >= 15 is 0 Å². The summed E-state index contributed by atoms with van der Waals surface area (Å²) in [5.74, 6) is 1.22. The van der Waals surface area contributed by atoms with Gasteiger partial charge in [0.15, 0.2) is 0 Å². The van der Waals surface area contributed by atoms with Crippen molar-refractivity contribution in [2.75, 3.05) is 0 Å². The summed E-state index contributed by atoms with van der Waals surface area (Å²) >= 11 is 0. The molecule has 0 nitrogen and oxygen atoms in total. The minimum atomic E-state index is 0.225. The molecule has 0 saturated heterocycles. The molecule has 0 bridgehead atoms. The van der Waals surface area contributed by atoms with Gasteiger partial charge in [0.1, 0.15) is 0 Å². The zero-order valence-corrected chi connectivity index (χ0v) is 14.0. The summed E-state index contributed by atoms with van der Waals surface area (Å²) in [5, 5.41) is 0. The van der Waals surface area contributed by atoms with E-state index in [1.54, 1.807) is 0 Å². The quantitative estimate of drug-likeness (QED) is 0.486. The maximum Gasteiger partial charge on any atom is -0.00836 e. The molecular weight excluding hydrogens is 240 g/mol. The van der Waals surface area contributed by atoms with Crippen LogP contribution in [0.15, 0.2) is 48.6 Å². The second-order valence-corrected chi connectivity index (χ2v) is 7.06. The lowest BCUT2D eigenvalue weighted by molar-refractivity contribution is 0.168. The summed E-state index contributed by atoms with van der Waals surface area (Å²) in [4.78, 5) is 0. The van der Waals surface area contributed by atoms with Crippen molar-refractivity contribution in [1.82, 2.24) is 0 Å². The highest BCUT2D eigenvalue weighted by Crippen LogP contribution is 2.49. The highest BCUT2D eigenvalue weighted by Gasteiger charge is 2.38. The van der Waals surface area contributed by atoms with Crippen LogP contribution in [0.4, 0.5) is 0 Å². The van der Waals surface area contributed by atoms with Crippen LogP contribution >= 0.6 is 0 Å². The van der Waals surface area contributed by atoms with Crippen molar-refractivity contribution in [3.8, 4) is 0 Å². The Balaban J connectivity index is 2.67. The molecule has 0 unspecified atom stereocenters.